The number of fused-ring (bicyclic) bond motifs is 1. The number of nitrogens with zero attached hydrogens (tertiary/aromatic N) is 7. The van der Waals surface area contributed by atoms with E-state index in [0.717, 1.165) is 29.9 Å². The molecule has 4 heterocycles. The summed E-state index contributed by atoms with van der Waals surface area (Å²) in [6.45, 7) is 8.77. The van der Waals surface area contributed by atoms with Crippen LogP contribution in [0.25, 0.3) is 5.78 Å². The van der Waals surface area contributed by atoms with Gasteiger partial charge >= 0.3 is 0 Å². The highest BCUT2D eigenvalue weighted by atomic mass is 16.5. The van der Waals surface area contributed by atoms with Gasteiger partial charge in [-0.2, -0.15) is 9.97 Å². The Morgan fingerprint density at radius 3 is 2.43 bits per heavy atom. The Bertz CT molecular complexity index is 1020. The molecule has 0 atom stereocenters. The molecular weight excluding hydrogens is 358 g/mol. The van der Waals surface area contributed by atoms with Crippen molar-refractivity contribution in [2.45, 2.75) is 46.6 Å². The van der Waals surface area contributed by atoms with Crippen molar-refractivity contribution >= 4 is 11.7 Å². The lowest BCUT2D eigenvalue weighted by atomic mass is 10.1. The lowest BCUT2D eigenvalue weighted by Crippen LogP contribution is -2.42. The predicted octanol–water partition coefficient (Wildman–Crippen LogP) is 1.83. The summed E-state index contributed by atoms with van der Waals surface area (Å²) < 4.78 is 7.60. The third kappa shape index (κ3) is 3.64. The van der Waals surface area contributed by atoms with E-state index >= 15 is 0 Å². The molecule has 0 saturated carbocycles. The third-order valence-corrected chi connectivity index (χ3v) is 4.77. The minimum atomic E-state index is -0.172. The van der Waals surface area contributed by atoms with Crippen LogP contribution in [-0.4, -0.2) is 59.6 Å². The maximum Gasteiger partial charge on any atom is 0.293 e. The number of ether oxygens (including phenoxy) is 1. The fraction of sp³-hybridized carbons (Fsp3) is 0.474. The topological polar surface area (TPSA) is 98.4 Å². The number of amides is 1. The van der Waals surface area contributed by atoms with Crippen LogP contribution in [0.5, 0.6) is 5.88 Å². The fourth-order valence-electron chi connectivity index (χ4n) is 3.49. The Morgan fingerprint density at radius 1 is 1.00 bits per heavy atom. The van der Waals surface area contributed by atoms with E-state index in [9.17, 15) is 4.79 Å². The molecule has 0 unspecified atom stereocenters. The van der Waals surface area contributed by atoms with E-state index in [4.69, 9.17) is 4.74 Å². The zero-order valence-electron chi connectivity index (χ0n) is 16.5. The third-order valence-electron chi connectivity index (χ3n) is 4.77. The molecule has 9 nitrogen and oxygen atoms in total. The molecule has 1 fully saturated rings. The summed E-state index contributed by atoms with van der Waals surface area (Å²) in [6.07, 6.45) is 1.49. The van der Waals surface area contributed by atoms with Crippen molar-refractivity contribution < 1.29 is 9.53 Å². The maximum atomic E-state index is 12.8. The van der Waals surface area contributed by atoms with E-state index in [1.54, 1.807) is 9.42 Å². The van der Waals surface area contributed by atoms with Crippen LogP contribution in [0.15, 0.2) is 12.1 Å². The van der Waals surface area contributed by atoms with Gasteiger partial charge < -0.3 is 9.64 Å². The zero-order chi connectivity index (χ0) is 19.8. The van der Waals surface area contributed by atoms with Crippen LogP contribution in [0.4, 0.5) is 0 Å². The standard InChI is InChI=1S/C19H23N7O2/c1-11-9-13(3)26-19(21-11)23-17(24-26)18(27)25-7-5-15(6-8-25)28-16-10-12(2)20-14(4)22-16/h9-10,15H,5-8H2,1-4H3. The van der Waals surface area contributed by atoms with E-state index in [-0.39, 0.29) is 17.8 Å². The highest BCUT2D eigenvalue weighted by Crippen LogP contribution is 2.19. The van der Waals surface area contributed by atoms with Gasteiger partial charge in [-0.15, -0.1) is 5.10 Å². The maximum absolute atomic E-state index is 12.8. The molecule has 0 bridgehead atoms. The Morgan fingerprint density at radius 2 is 1.71 bits per heavy atom. The Balaban J connectivity index is 1.42. The smallest absolute Gasteiger partial charge is 0.293 e. The molecule has 4 rings (SSSR count). The number of aromatic nitrogens is 6. The molecule has 146 valence electrons. The number of hydrogen-bond donors (Lipinski definition) is 0. The molecule has 0 radical (unpaired) electrons. The van der Waals surface area contributed by atoms with Crippen LogP contribution in [0.2, 0.25) is 0 Å². The average molecular weight is 381 g/mol. The van der Waals surface area contributed by atoms with E-state index in [1.165, 1.54) is 0 Å². The molecule has 0 aromatic carbocycles. The number of rotatable bonds is 3. The lowest BCUT2D eigenvalue weighted by molar-refractivity contribution is 0.0576. The molecule has 1 saturated heterocycles. The first kappa shape index (κ1) is 18.3. The monoisotopic (exact) mass is 381 g/mol. The second-order valence-electron chi connectivity index (χ2n) is 7.19. The molecule has 28 heavy (non-hydrogen) atoms. The minimum absolute atomic E-state index is 0.0262. The van der Waals surface area contributed by atoms with Crippen molar-refractivity contribution in [1.82, 2.24) is 34.4 Å². The van der Waals surface area contributed by atoms with Gasteiger partial charge in [-0.3, -0.25) is 4.79 Å². The molecule has 1 amide bonds. The molecule has 1 aliphatic rings. The van der Waals surface area contributed by atoms with Crippen LogP contribution in [0.3, 0.4) is 0 Å². The van der Waals surface area contributed by atoms with E-state index in [0.29, 0.717) is 30.6 Å². The molecule has 0 spiro atoms. The molecule has 3 aromatic rings. The number of likely N-dealkylation sites (tertiary alicyclic amines) is 1. The molecule has 3 aromatic heterocycles. The van der Waals surface area contributed by atoms with Gasteiger partial charge in [0.05, 0.1) is 0 Å². The van der Waals surface area contributed by atoms with Gasteiger partial charge in [-0.05, 0) is 33.8 Å². The first-order valence-corrected chi connectivity index (χ1v) is 9.38. The van der Waals surface area contributed by atoms with E-state index in [1.807, 2.05) is 39.8 Å². The van der Waals surface area contributed by atoms with Gasteiger partial charge in [0.2, 0.25) is 11.7 Å². The summed E-state index contributed by atoms with van der Waals surface area (Å²) in [4.78, 5) is 31.8. The lowest BCUT2D eigenvalue weighted by Gasteiger charge is -2.31. The van der Waals surface area contributed by atoms with Crippen molar-refractivity contribution in [3.8, 4) is 5.88 Å². The van der Waals surface area contributed by atoms with Gasteiger partial charge in [0.15, 0.2) is 0 Å². The molecule has 0 N–H and O–H groups in total. The normalized spacial score (nSPS) is 15.2. The van der Waals surface area contributed by atoms with Gasteiger partial charge in [0, 0.05) is 49.1 Å². The average Bonchev–Trinajstić information content (AvgIpc) is 3.05. The highest BCUT2D eigenvalue weighted by molar-refractivity contribution is 5.91. The van der Waals surface area contributed by atoms with Crippen molar-refractivity contribution in [3.05, 3.63) is 40.9 Å². The van der Waals surface area contributed by atoms with Crippen LogP contribution in [-0.2, 0) is 0 Å². The van der Waals surface area contributed by atoms with Crippen LogP contribution < -0.4 is 4.74 Å². The Hall–Kier alpha value is -3.10. The van der Waals surface area contributed by atoms with Crippen molar-refractivity contribution in [1.29, 1.82) is 0 Å². The summed E-state index contributed by atoms with van der Waals surface area (Å²) in [5.74, 6) is 1.75. The second-order valence-corrected chi connectivity index (χ2v) is 7.19. The summed E-state index contributed by atoms with van der Waals surface area (Å²) in [5, 5.41) is 4.34. The molecule has 0 aliphatic carbocycles. The Labute approximate surface area is 162 Å². The number of aryl methyl sites for hydroxylation is 4. The zero-order valence-corrected chi connectivity index (χ0v) is 16.5. The van der Waals surface area contributed by atoms with E-state index in [2.05, 4.69) is 25.0 Å². The van der Waals surface area contributed by atoms with Crippen molar-refractivity contribution in [2.24, 2.45) is 0 Å². The van der Waals surface area contributed by atoms with Crippen molar-refractivity contribution in [2.75, 3.05) is 13.1 Å². The summed E-state index contributed by atoms with van der Waals surface area (Å²) in [7, 11) is 0. The molecular formula is C19H23N7O2. The Kier molecular flexibility index (Phi) is 4.66. The quantitative estimate of drug-likeness (QED) is 0.682. The van der Waals surface area contributed by atoms with Gasteiger partial charge in [-0.25, -0.2) is 14.5 Å². The number of carbonyl (C=O) groups is 1. The molecule has 9 heteroatoms. The van der Waals surface area contributed by atoms with Crippen LogP contribution in [0.1, 0.15) is 46.4 Å². The second kappa shape index (κ2) is 7.14. The summed E-state index contributed by atoms with van der Waals surface area (Å²) in [5.41, 5.74) is 2.63. The largest absolute Gasteiger partial charge is 0.474 e. The highest BCUT2D eigenvalue weighted by Gasteiger charge is 2.27. The van der Waals surface area contributed by atoms with Crippen molar-refractivity contribution in [3.63, 3.8) is 0 Å². The van der Waals surface area contributed by atoms with Gasteiger partial charge in [0.1, 0.15) is 11.9 Å². The van der Waals surface area contributed by atoms with Gasteiger partial charge in [-0.1, -0.05) is 0 Å². The first-order valence-electron chi connectivity index (χ1n) is 9.38. The number of carbonyl (C=O) groups excluding carboxylic acids is 1. The predicted molar refractivity (Wildman–Crippen MR) is 101 cm³/mol. The van der Waals surface area contributed by atoms with Crippen LogP contribution in [0, 0.1) is 27.7 Å². The van der Waals surface area contributed by atoms with Gasteiger partial charge in [0.25, 0.3) is 11.7 Å². The van der Waals surface area contributed by atoms with Crippen LogP contribution >= 0.6 is 0 Å². The van der Waals surface area contributed by atoms with E-state index < -0.39 is 0 Å². The minimum Gasteiger partial charge on any atom is -0.474 e. The molecule has 1 aliphatic heterocycles. The number of piperidine rings is 1. The SMILES string of the molecule is Cc1cc(OC2CCN(C(=O)c3nc4nc(C)cc(C)n4n3)CC2)nc(C)n1. The summed E-state index contributed by atoms with van der Waals surface area (Å²) in [6, 6.07) is 3.75. The fourth-order valence-corrected chi connectivity index (χ4v) is 3.49. The first-order chi connectivity index (χ1) is 13.4. The summed E-state index contributed by atoms with van der Waals surface area (Å²) >= 11 is 0. The number of hydrogen-bond acceptors (Lipinski definition) is 7.